The van der Waals surface area contributed by atoms with Crippen molar-refractivity contribution in [1.29, 1.82) is 5.26 Å². The quantitative estimate of drug-likeness (QED) is 0.509. The van der Waals surface area contributed by atoms with Crippen molar-refractivity contribution >= 4 is 11.9 Å². The molecule has 2 aromatic carbocycles. The molecule has 0 N–H and O–H groups in total. The molecule has 2 aromatic rings. The summed E-state index contributed by atoms with van der Waals surface area (Å²) in [5.41, 5.74) is 2.83. The van der Waals surface area contributed by atoms with Crippen molar-refractivity contribution in [3.05, 3.63) is 82.9 Å². The van der Waals surface area contributed by atoms with Gasteiger partial charge in [0.15, 0.2) is 0 Å². The highest BCUT2D eigenvalue weighted by atomic mass is 16.5. The molecule has 0 saturated carbocycles. The van der Waals surface area contributed by atoms with Crippen LogP contribution in [0.15, 0.2) is 71.8 Å². The third kappa shape index (κ3) is 4.69. The van der Waals surface area contributed by atoms with E-state index < -0.39 is 11.4 Å². The summed E-state index contributed by atoms with van der Waals surface area (Å²) in [7, 11) is 1.30. The minimum absolute atomic E-state index is 0.198. The first-order valence-electron chi connectivity index (χ1n) is 10.4. The van der Waals surface area contributed by atoms with E-state index in [0.717, 1.165) is 16.7 Å². The summed E-state index contributed by atoms with van der Waals surface area (Å²) in [5.74, 6) is -1.12. The van der Waals surface area contributed by atoms with Gasteiger partial charge in [0.2, 0.25) is 5.91 Å². The van der Waals surface area contributed by atoms with Crippen molar-refractivity contribution in [2.45, 2.75) is 39.2 Å². The lowest BCUT2D eigenvalue weighted by molar-refractivity contribution is -0.151. The summed E-state index contributed by atoms with van der Waals surface area (Å²) in [6.45, 7) is 4.09. The maximum atomic E-state index is 14.0. The fraction of sp³-hybridized carbons (Fsp3) is 0.346. The normalized spacial score (nSPS) is 20.6. The smallest absolute Gasteiger partial charge is 0.325 e. The van der Waals surface area contributed by atoms with E-state index in [4.69, 9.17) is 4.74 Å². The number of methoxy groups -OCH3 is 1. The van der Waals surface area contributed by atoms with Gasteiger partial charge in [-0.25, -0.2) is 0 Å². The summed E-state index contributed by atoms with van der Waals surface area (Å²) in [6.07, 6.45) is 0.979. The molecule has 1 aliphatic carbocycles. The van der Waals surface area contributed by atoms with Crippen LogP contribution in [0.5, 0.6) is 0 Å². The number of allylic oxidation sites excluding steroid dienone is 2. The monoisotopic (exact) mass is 416 g/mol. The van der Waals surface area contributed by atoms with Crippen molar-refractivity contribution in [3.8, 4) is 6.07 Å². The summed E-state index contributed by atoms with van der Waals surface area (Å²) in [4.78, 5) is 27.6. The molecule has 160 valence electrons. The second-order valence-corrected chi connectivity index (χ2v) is 8.21. The minimum Gasteiger partial charge on any atom is -0.468 e. The number of nitriles is 1. The van der Waals surface area contributed by atoms with Crippen LogP contribution in [-0.4, -0.2) is 30.4 Å². The number of benzene rings is 2. The van der Waals surface area contributed by atoms with Crippen LogP contribution in [-0.2, 0) is 20.9 Å². The van der Waals surface area contributed by atoms with Crippen molar-refractivity contribution < 1.29 is 14.3 Å². The highest BCUT2D eigenvalue weighted by molar-refractivity contribution is 5.90. The van der Waals surface area contributed by atoms with Gasteiger partial charge in [-0.05, 0) is 37.8 Å². The summed E-state index contributed by atoms with van der Waals surface area (Å²) in [6, 6.07) is 21.6. The predicted molar refractivity (Wildman–Crippen MR) is 119 cm³/mol. The molecule has 1 aliphatic rings. The lowest BCUT2D eigenvalue weighted by Crippen LogP contribution is -2.49. The Morgan fingerprint density at radius 1 is 1.06 bits per heavy atom. The number of hydrogen-bond acceptors (Lipinski definition) is 4. The van der Waals surface area contributed by atoms with Crippen LogP contribution >= 0.6 is 0 Å². The van der Waals surface area contributed by atoms with Gasteiger partial charge >= 0.3 is 5.97 Å². The number of hydrogen-bond donors (Lipinski definition) is 0. The van der Waals surface area contributed by atoms with Crippen LogP contribution < -0.4 is 0 Å². The van der Waals surface area contributed by atoms with E-state index in [-0.39, 0.29) is 24.9 Å². The molecule has 31 heavy (non-hydrogen) atoms. The number of nitrogens with zero attached hydrogens (tertiary/aromatic N) is 2. The molecule has 0 heterocycles. The summed E-state index contributed by atoms with van der Waals surface area (Å²) in [5, 5.41) is 10.4. The van der Waals surface area contributed by atoms with Crippen molar-refractivity contribution in [1.82, 2.24) is 4.90 Å². The number of esters is 1. The van der Waals surface area contributed by atoms with E-state index in [1.807, 2.05) is 67.6 Å². The Balaban J connectivity index is 2.06. The van der Waals surface area contributed by atoms with Crippen LogP contribution in [0.3, 0.4) is 0 Å². The van der Waals surface area contributed by atoms with E-state index in [2.05, 4.69) is 13.0 Å². The zero-order chi connectivity index (χ0) is 22.4. The molecular formula is C26H28N2O3. The third-order valence-corrected chi connectivity index (χ3v) is 6.21. The van der Waals surface area contributed by atoms with E-state index >= 15 is 0 Å². The third-order valence-electron chi connectivity index (χ3n) is 6.21. The molecular weight excluding hydrogens is 388 g/mol. The second-order valence-electron chi connectivity index (χ2n) is 8.21. The zero-order valence-corrected chi connectivity index (χ0v) is 18.3. The Morgan fingerprint density at radius 3 is 2.26 bits per heavy atom. The summed E-state index contributed by atoms with van der Waals surface area (Å²) < 4.78 is 4.85. The molecule has 0 radical (unpaired) electrons. The molecule has 0 unspecified atom stereocenters. The maximum Gasteiger partial charge on any atom is 0.325 e. The predicted octanol–water partition coefficient (Wildman–Crippen LogP) is 4.61. The molecule has 5 heteroatoms. The number of carbonyl (C=O) groups is 2. The standard InChI is InChI=1S/C26H28N2O3/c1-19-14-23(22-12-8-5-9-13-22)26(18-27,15-20(19)2)25(30)28(17-24(29)31-3)16-21-10-6-4-7-11-21/h4-13,23H,14-17H2,1-3H3/t23-,26-/m1/s1. The molecule has 5 nitrogen and oxygen atoms in total. The van der Waals surface area contributed by atoms with Crippen molar-refractivity contribution in [2.75, 3.05) is 13.7 Å². The highest BCUT2D eigenvalue weighted by Crippen LogP contribution is 2.50. The molecule has 0 aliphatic heterocycles. The van der Waals surface area contributed by atoms with Gasteiger partial charge < -0.3 is 9.64 Å². The Hall–Kier alpha value is -3.39. The molecule has 2 atom stereocenters. The second kappa shape index (κ2) is 9.61. The van der Waals surface area contributed by atoms with Gasteiger partial charge in [-0.3, -0.25) is 9.59 Å². The van der Waals surface area contributed by atoms with Crippen LogP contribution in [0, 0.1) is 16.7 Å². The molecule has 0 saturated heterocycles. The SMILES string of the molecule is COC(=O)CN(Cc1ccccc1)C(=O)[C@@]1(C#N)CC(C)=C(C)C[C@@H]1c1ccccc1. The maximum absolute atomic E-state index is 14.0. The molecule has 1 amide bonds. The fourth-order valence-corrected chi connectivity index (χ4v) is 4.33. The number of rotatable bonds is 6. The van der Waals surface area contributed by atoms with E-state index in [9.17, 15) is 14.9 Å². The number of amides is 1. The van der Waals surface area contributed by atoms with Crippen LogP contribution in [0.2, 0.25) is 0 Å². The molecule has 0 fully saturated rings. The van der Waals surface area contributed by atoms with Gasteiger partial charge in [-0.1, -0.05) is 71.8 Å². The average molecular weight is 417 g/mol. The number of carbonyl (C=O) groups excluding carboxylic acids is 2. The zero-order valence-electron chi connectivity index (χ0n) is 18.3. The molecule has 3 rings (SSSR count). The first-order chi connectivity index (χ1) is 14.9. The topological polar surface area (TPSA) is 70.4 Å². The lowest BCUT2D eigenvalue weighted by atomic mass is 9.62. The largest absolute Gasteiger partial charge is 0.468 e. The Labute approximate surface area is 183 Å². The van der Waals surface area contributed by atoms with E-state index in [1.54, 1.807) is 0 Å². The van der Waals surface area contributed by atoms with Gasteiger partial charge in [-0.15, -0.1) is 0 Å². The Morgan fingerprint density at radius 2 is 1.68 bits per heavy atom. The number of ether oxygens (including phenoxy) is 1. The van der Waals surface area contributed by atoms with Gasteiger partial charge in [0.1, 0.15) is 12.0 Å². The summed E-state index contributed by atoms with van der Waals surface area (Å²) >= 11 is 0. The minimum atomic E-state index is -1.28. The molecule has 0 spiro atoms. The first kappa shape index (κ1) is 22.3. The Kier molecular flexibility index (Phi) is 6.91. The van der Waals surface area contributed by atoms with E-state index in [0.29, 0.717) is 12.8 Å². The van der Waals surface area contributed by atoms with Gasteiger partial charge in [-0.2, -0.15) is 5.26 Å². The average Bonchev–Trinajstić information content (AvgIpc) is 2.80. The van der Waals surface area contributed by atoms with Crippen LogP contribution in [0.4, 0.5) is 0 Å². The lowest BCUT2D eigenvalue weighted by Gasteiger charge is -2.41. The molecule has 0 bridgehead atoms. The Bertz CT molecular complexity index is 1010. The fourth-order valence-electron chi connectivity index (χ4n) is 4.33. The van der Waals surface area contributed by atoms with Crippen molar-refractivity contribution in [3.63, 3.8) is 0 Å². The van der Waals surface area contributed by atoms with Crippen molar-refractivity contribution in [2.24, 2.45) is 5.41 Å². The van der Waals surface area contributed by atoms with Gasteiger partial charge in [0.25, 0.3) is 0 Å². The first-order valence-corrected chi connectivity index (χ1v) is 10.4. The van der Waals surface area contributed by atoms with Crippen LogP contribution in [0.25, 0.3) is 0 Å². The molecule has 0 aromatic heterocycles. The van der Waals surface area contributed by atoms with E-state index in [1.165, 1.54) is 17.6 Å². The van der Waals surface area contributed by atoms with Crippen LogP contribution in [0.1, 0.15) is 43.7 Å². The highest BCUT2D eigenvalue weighted by Gasteiger charge is 2.51. The van der Waals surface area contributed by atoms with Gasteiger partial charge in [0.05, 0.1) is 13.2 Å². The van der Waals surface area contributed by atoms with Gasteiger partial charge in [0, 0.05) is 12.5 Å².